The molecule has 0 saturated carbocycles. The Labute approximate surface area is 198 Å². The molecule has 0 radical (unpaired) electrons. The Balaban J connectivity index is 1.89. The number of nitrogens with zero attached hydrogens (tertiary/aromatic N) is 4. The maximum Gasteiger partial charge on any atom is 0.219 e. The minimum atomic E-state index is -0.587. The van der Waals surface area contributed by atoms with E-state index in [0.717, 1.165) is 10.0 Å². The summed E-state index contributed by atoms with van der Waals surface area (Å²) < 4.78 is 0.812. The second-order valence-corrected chi connectivity index (χ2v) is 11.1. The third-order valence-corrected chi connectivity index (χ3v) is 7.85. The molecule has 2 heterocycles. The minimum Gasteiger partial charge on any atom is -0.384 e. The van der Waals surface area contributed by atoms with E-state index in [1.807, 2.05) is 0 Å². The number of hydrogen-bond donors (Lipinski definition) is 1. The number of Topliss-reactive ketones (excluding diaryl/α,β-unsaturated/α-hetero) is 1. The lowest BCUT2D eigenvalue weighted by Crippen LogP contribution is -2.38. The molecule has 0 spiro atoms. The van der Waals surface area contributed by atoms with Crippen molar-refractivity contribution in [2.75, 3.05) is 4.90 Å². The highest BCUT2D eigenvalue weighted by Crippen LogP contribution is 2.47. The summed E-state index contributed by atoms with van der Waals surface area (Å²) in [5.74, 6) is -0.315. The fourth-order valence-corrected chi connectivity index (χ4v) is 6.28. The first-order valence-electron chi connectivity index (χ1n) is 9.73. The second kappa shape index (κ2) is 8.83. The molecule has 4 rings (SSSR count). The zero-order chi connectivity index (χ0) is 22.3. The number of nitrogens with two attached hydrogens (primary N) is 1. The Morgan fingerprint density at radius 1 is 1.29 bits per heavy atom. The number of benzene rings is 1. The molecule has 0 fully saturated rings. The zero-order valence-corrected chi connectivity index (χ0v) is 20.0. The van der Waals surface area contributed by atoms with Crippen LogP contribution in [0.25, 0.3) is 0 Å². The van der Waals surface area contributed by atoms with Crippen LogP contribution in [-0.4, -0.2) is 21.2 Å². The number of carbonyl (C=O) groups excluding carboxylic acids is 1. The molecule has 160 valence electrons. The van der Waals surface area contributed by atoms with E-state index in [9.17, 15) is 10.1 Å². The number of carbonyl (C=O) groups is 1. The van der Waals surface area contributed by atoms with Crippen LogP contribution in [0.2, 0.25) is 10.0 Å². The van der Waals surface area contributed by atoms with Gasteiger partial charge in [-0.1, -0.05) is 66.2 Å². The molecule has 1 atom stereocenters. The molecule has 0 bridgehead atoms. The number of rotatable bonds is 4. The maximum absolute atomic E-state index is 13.1. The van der Waals surface area contributed by atoms with Crippen LogP contribution in [0.5, 0.6) is 0 Å². The van der Waals surface area contributed by atoms with Crippen molar-refractivity contribution in [1.82, 2.24) is 10.2 Å². The second-order valence-electron chi connectivity index (χ2n) is 7.51. The summed E-state index contributed by atoms with van der Waals surface area (Å²) in [4.78, 5) is 14.8. The number of allylic oxidation sites excluding steroid dienone is 3. The summed E-state index contributed by atoms with van der Waals surface area (Å²) in [7, 11) is 0. The number of hydrogen-bond acceptors (Lipinski definition) is 8. The van der Waals surface area contributed by atoms with E-state index >= 15 is 0 Å². The van der Waals surface area contributed by atoms with Gasteiger partial charge in [0.2, 0.25) is 5.13 Å². The quantitative estimate of drug-likeness (QED) is 0.551. The van der Waals surface area contributed by atoms with E-state index in [0.29, 0.717) is 56.4 Å². The molecule has 10 heteroatoms. The number of nitriles is 1. The van der Waals surface area contributed by atoms with Crippen molar-refractivity contribution in [3.8, 4) is 6.07 Å². The fourth-order valence-electron chi connectivity index (χ4n) is 3.87. The van der Waals surface area contributed by atoms with Crippen molar-refractivity contribution in [2.24, 2.45) is 5.73 Å². The zero-order valence-electron chi connectivity index (χ0n) is 16.9. The summed E-state index contributed by atoms with van der Waals surface area (Å²) in [6.45, 7) is 4.16. The van der Waals surface area contributed by atoms with Crippen molar-refractivity contribution in [2.45, 2.75) is 48.6 Å². The lowest BCUT2D eigenvalue weighted by atomic mass is 9.76. The molecular formula is C21H19Cl2N5OS2. The first-order chi connectivity index (χ1) is 14.8. The Hall–Kier alpha value is -2.05. The highest BCUT2D eigenvalue weighted by atomic mass is 35.5. The van der Waals surface area contributed by atoms with Gasteiger partial charge in [0.1, 0.15) is 5.82 Å². The Kier molecular flexibility index (Phi) is 6.31. The van der Waals surface area contributed by atoms with Crippen LogP contribution in [-0.2, 0) is 4.79 Å². The van der Waals surface area contributed by atoms with Crippen molar-refractivity contribution in [1.29, 1.82) is 5.26 Å². The van der Waals surface area contributed by atoms with Crippen molar-refractivity contribution in [3.63, 3.8) is 0 Å². The first-order valence-corrected chi connectivity index (χ1v) is 12.2. The number of halogens is 2. The molecule has 1 aliphatic carbocycles. The average molecular weight is 492 g/mol. The molecule has 2 N–H and O–H groups in total. The summed E-state index contributed by atoms with van der Waals surface area (Å²) >= 11 is 15.3. The molecule has 1 unspecified atom stereocenters. The van der Waals surface area contributed by atoms with E-state index < -0.39 is 5.92 Å². The largest absolute Gasteiger partial charge is 0.384 e. The molecule has 0 amide bonds. The van der Waals surface area contributed by atoms with Crippen LogP contribution in [0.3, 0.4) is 0 Å². The van der Waals surface area contributed by atoms with Gasteiger partial charge in [-0.2, -0.15) is 5.26 Å². The number of aromatic nitrogens is 2. The molecule has 0 saturated heterocycles. The predicted octanol–water partition coefficient (Wildman–Crippen LogP) is 5.65. The number of ketones is 1. The number of anilines is 1. The maximum atomic E-state index is 13.1. The van der Waals surface area contributed by atoms with E-state index in [1.165, 1.54) is 11.3 Å². The normalized spacial score (nSPS) is 19.2. The van der Waals surface area contributed by atoms with E-state index in [2.05, 4.69) is 30.1 Å². The van der Waals surface area contributed by atoms with Crippen LogP contribution in [0.4, 0.5) is 5.13 Å². The van der Waals surface area contributed by atoms with Gasteiger partial charge in [0.25, 0.3) is 0 Å². The van der Waals surface area contributed by atoms with E-state index in [1.54, 1.807) is 34.9 Å². The van der Waals surface area contributed by atoms with Gasteiger partial charge in [-0.05, 0) is 30.5 Å². The average Bonchev–Trinajstić information content (AvgIpc) is 3.16. The summed E-state index contributed by atoms with van der Waals surface area (Å²) in [6, 6.07) is 7.39. The summed E-state index contributed by atoms with van der Waals surface area (Å²) in [6.07, 6.45) is 1.79. The summed E-state index contributed by atoms with van der Waals surface area (Å²) in [5.41, 5.74) is 8.89. The van der Waals surface area contributed by atoms with Gasteiger partial charge in [0.15, 0.2) is 10.1 Å². The van der Waals surface area contributed by atoms with Gasteiger partial charge in [0.05, 0.1) is 27.6 Å². The van der Waals surface area contributed by atoms with Gasteiger partial charge in [-0.25, -0.2) is 0 Å². The van der Waals surface area contributed by atoms with Gasteiger partial charge in [0, 0.05) is 22.9 Å². The Bertz CT molecular complexity index is 1160. The molecule has 2 aromatic rings. The Morgan fingerprint density at radius 3 is 2.74 bits per heavy atom. The third-order valence-electron chi connectivity index (χ3n) is 5.11. The lowest BCUT2D eigenvalue weighted by Gasteiger charge is -2.38. The van der Waals surface area contributed by atoms with Crippen LogP contribution in [0, 0.1) is 11.3 Å². The first kappa shape index (κ1) is 22.2. The SMILES string of the molecule is CC(C)Sc1nnc(N2C(N)=C(C#N)C(c3ccc(Cl)c(Cl)c3)C3=C2CCCC3=O)s1. The standard InChI is InChI=1S/C21H19Cl2N5OS2/c1-10(2)30-21-27-26-20(31-21)28-15-4-3-5-16(29)18(15)17(12(9-24)19(28)25)11-6-7-13(22)14(23)8-11/h6-8,10,17H,3-5,25H2,1-2H3. The van der Waals surface area contributed by atoms with E-state index in [-0.39, 0.29) is 11.6 Å². The molecular weight excluding hydrogens is 473 g/mol. The van der Waals surface area contributed by atoms with Crippen molar-refractivity contribution in [3.05, 3.63) is 56.5 Å². The lowest BCUT2D eigenvalue weighted by molar-refractivity contribution is -0.116. The highest BCUT2D eigenvalue weighted by molar-refractivity contribution is 8.01. The molecule has 6 nitrogen and oxygen atoms in total. The smallest absolute Gasteiger partial charge is 0.219 e. The van der Waals surface area contributed by atoms with Gasteiger partial charge in [-0.15, -0.1) is 10.2 Å². The third kappa shape index (κ3) is 4.08. The molecule has 1 aromatic heterocycles. The van der Waals surface area contributed by atoms with Crippen LogP contribution < -0.4 is 10.6 Å². The van der Waals surface area contributed by atoms with Crippen molar-refractivity contribution < 1.29 is 4.79 Å². The summed E-state index contributed by atoms with van der Waals surface area (Å²) in [5, 5.41) is 20.3. The monoisotopic (exact) mass is 491 g/mol. The molecule has 1 aromatic carbocycles. The predicted molar refractivity (Wildman–Crippen MR) is 125 cm³/mol. The number of thioether (sulfide) groups is 1. The minimum absolute atomic E-state index is 0.00358. The van der Waals surface area contributed by atoms with Crippen LogP contribution in [0.1, 0.15) is 44.6 Å². The van der Waals surface area contributed by atoms with E-state index in [4.69, 9.17) is 28.9 Å². The van der Waals surface area contributed by atoms with Crippen LogP contribution in [0.15, 0.2) is 45.2 Å². The topological polar surface area (TPSA) is 95.9 Å². The van der Waals surface area contributed by atoms with Gasteiger partial charge in [-0.3, -0.25) is 9.69 Å². The fraction of sp³-hybridized carbons (Fsp3) is 0.333. The molecule has 2 aliphatic rings. The van der Waals surface area contributed by atoms with Gasteiger partial charge < -0.3 is 5.73 Å². The van der Waals surface area contributed by atoms with Gasteiger partial charge >= 0.3 is 0 Å². The Morgan fingerprint density at radius 2 is 2.06 bits per heavy atom. The van der Waals surface area contributed by atoms with Crippen molar-refractivity contribution >= 4 is 57.2 Å². The molecule has 31 heavy (non-hydrogen) atoms. The molecule has 1 aliphatic heterocycles. The van der Waals surface area contributed by atoms with Crippen LogP contribution >= 0.6 is 46.3 Å². The highest BCUT2D eigenvalue weighted by Gasteiger charge is 2.41.